The van der Waals surface area contributed by atoms with Crippen LogP contribution >= 0.6 is 0 Å². The Labute approximate surface area is 148 Å². The molecule has 0 aliphatic heterocycles. The van der Waals surface area contributed by atoms with Crippen molar-refractivity contribution in [2.24, 2.45) is 0 Å². The summed E-state index contributed by atoms with van der Waals surface area (Å²) in [6, 6.07) is 7.03. The molecule has 2 amide bonds. The van der Waals surface area contributed by atoms with Gasteiger partial charge in [-0.1, -0.05) is 13.3 Å². The van der Waals surface area contributed by atoms with E-state index in [4.69, 9.17) is 0 Å². The third-order valence-corrected chi connectivity index (χ3v) is 3.89. The lowest BCUT2D eigenvalue weighted by molar-refractivity contribution is 0.0791. The van der Waals surface area contributed by atoms with Gasteiger partial charge in [-0.2, -0.15) is 0 Å². The molecule has 0 aliphatic rings. The SMILES string of the molecule is CCCCNC(=O)c1ccnc(C(=O)N(C)CCc2ccncc2)c1. The van der Waals surface area contributed by atoms with Crippen molar-refractivity contribution in [1.82, 2.24) is 20.2 Å². The molecule has 6 heteroatoms. The highest BCUT2D eigenvalue weighted by Crippen LogP contribution is 2.07. The van der Waals surface area contributed by atoms with Crippen molar-refractivity contribution < 1.29 is 9.59 Å². The predicted molar refractivity (Wildman–Crippen MR) is 96.4 cm³/mol. The smallest absolute Gasteiger partial charge is 0.272 e. The summed E-state index contributed by atoms with van der Waals surface area (Å²) >= 11 is 0. The molecule has 0 saturated carbocycles. The molecule has 6 nitrogen and oxygen atoms in total. The van der Waals surface area contributed by atoms with Gasteiger partial charge in [-0.15, -0.1) is 0 Å². The number of amides is 2. The third kappa shape index (κ3) is 5.67. The van der Waals surface area contributed by atoms with Gasteiger partial charge in [0.05, 0.1) is 0 Å². The van der Waals surface area contributed by atoms with Crippen molar-refractivity contribution in [3.05, 3.63) is 59.7 Å². The zero-order chi connectivity index (χ0) is 18.1. The summed E-state index contributed by atoms with van der Waals surface area (Å²) in [6.07, 6.45) is 7.66. The van der Waals surface area contributed by atoms with E-state index in [0.29, 0.717) is 18.7 Å². The molecule has 0 fully saturated rings. The Hall–Kier alpha value is -2.76. The molecule has 2 aromatic rings. The zero-order valence-electron chi connectivity index (χ0n) is 14.7. The topological polar surface area (TPSA) is 75.2 Å². The van der Waals surface area contributed by atoms with Gasteiger partial charge in [-0.05, 0) is 42.7 Å². The number of nitrogens with one attached hydrogen (secondary N) is 1. The molecule has 0 atom stereocenters. The van der Waals surface area contributed by atoms with Gasteiger partial charge in [0.1, 0.15) is 5.69 Å². The maximum Gasteiger partial charge on any atom is 0.272 e. The van der Waals surface area contributed by atoms with Gasteiger partial charge in [-0.3, -0.25) is 19.6 Å². The maximum atomic E-state index is 12.5. The van der Waals surface area contributed by atoms with E-state index in [1.165, 1.54) is 6.20 Å². The summed E-state index contributed by atoms with van der Waals surface area (Å²) in [6.45, 7) is 3.27. The van der Waals surface area contributed by atoms with Gasteiger partial charge in [0, 0.05) is 44.3 Å². The number of unbranched alkanes of at least 4 members (excludes halogenated alkanes) is 1. The molecular weight excluding hydrogens is 316 g/mol. The van der Waals surface area contributed by atoms with Crippen LogP contribution in [0.15, 0.2) is 42.9 Å². The minimum Gasteiger partial charge on any atom is -0.352 e. The molecule has 132 valence electrons. The van der Waals surface area contributed by atoms with Crippen molar-refractivity contribution in [1.29, 1.82) is 0 Å². The van der Waals surface area contributed by atoms with E-state index in [2.05, 4.69) is 22.2 Å². The Morgan fingerprint density at radius 1 is 1.16 bits per heavy atom. The van der Waals surface area contributed by atoms with Crippen molar-refractivity contribution in [3.8, 4) is 0 Å². The first kappa shape index (κ1) is 18.6. The van der Waals surface area contributed by atoms with Crippen LogP contribution in [0.5, 0.6) is 0 Å². The summed E-state index contributed by atoms with van der Waals surface area (Å²) in [5.74, 6) is -0.374. The van der Waals surface area contributed by atoms with Crippen LogP contribution in [0.4, 0.5) is 0 Å². The van der Waals surface area contributed by atoms with Crippen molar-refractivity contribution in [2.45, 2.75) is 26.2 Å². The largest absolute Gasteiger partial charge is 0.352 e. The quantitative estimate of drug-likeness (QED) is 0.748. The van der Waals surface area contributed by atoms with Gasteiger partial charge in [-0.25, -0.2) is 0 Å². The molecule has 0 saturated heterocycles. The van der Waals surface area contributed by atoms with Gasteiger partial charge in [0.2, 0.25) is 0 Å². The molecule has 0 aromatic carbocycles. The highest BCUT2D eigenvalue weighted by atomic mass is 16.2. The number of likely N-dealkylation sites (N-methyl/N-ethyl adjacent to an activating group) is 1. The normalized spacial score (nSPS) is 10.3. The zero-order valence-corrected chi connectivity index (χ0v) is 14.7. The van der Waals surface area contributed by atoms with E-state index in [0.717, 1.165) is 24.8 Å². The Morgan fingerprint density at radius 3 is 2.64 bits per heavy atom. The number of hydrogen-bond acceptors (Lipinski definition) is 4. The summed E-state index contributed by atoms with van der Waals surface area (Å²) in [5.41, 5.74) is 1.85. The molecule has 0 bridgehead atoms. The lowest BCUT2D eigenvalue weighted by Gasteiger charge is -2.17. The van der Waals surface area contributed by atoms with Crippen LogP contribution in [0.1, 0.15) is 46.2 Å². The highest BCUT2D eigenvalue weighted by Gasteiger charge is 2.15. The second-order valence-corrected chi connectivity index (χ2v) is 5.87. The molecule has 2 heterocycles. The fraction of sp³-hybridized carbons (Fsp3) is 0.368. The third-order valence-electron chi connectivity index (χ3n) is 3.89. The first-order valence-corrected chi connectivity index (χ1v) is 8.50. The molecule has 0 unspecified atom stereocenters. The Morgan fingerprint density at radius 2 is 1.92 bits per heavy atom. The Balaban J connectivity index is 1.96. The van der Waals surface area contributed by atoms with Crippen LogP contribution in [-0.4, -0.2) is 46.8 Å². The van der Waals surface area contributed by atoms with Crippen LogP contribution in [0, 0.1) is 0 Å². The number of hydrogen-bond donors (Lipinski definition) is 1. The van der Waals surface area contributed by atoms with Crippen molar-refractivity contribution >= 4 is 11.8 Å². The Bertz CT molecular complexity index is 704. The summed E-state index contributed by atoms with van der Waals surface area (Å²) in [5, 5.41) is 2.84. The Kier molecular flexibility index (Phi) is 7.07. The lowest BCUT2D eigenvalue weighted by atomic mass is 10.1. The van der Waals surface area contributed by atoms with Gasteiger partial charge >= 0.3 is 0 Å². The standard InChI is InChI=1S/C19H24N4O2/c1-3-4-9-22-18(24)16-7-12-21-17(14-16)19(25)23(2)13-8-15-5-10-20-11-6-15/h5-7,10-12,14H,3-4,8-9,13H2,1-2H3,(H,22,24). The number of pyridine rings is 2. The highest BCUT2D eigenvalue weighted by molar-refractivity contribution is 5.98. The fourth-order valence-corrected chi connectivity index (χ4v) is 2.31. The minimum atomic E-state index is -0.197. The second-order valence-electron chi connectivity index (χ2n) is 5.87. The first-order chi connectivity index (χ1) is 12.1. The van der Waals surface area contributed by atoms with E-state index in [1.807, 2.05) is 12.1 Å². The number of nitrogens with zero attached hydrogens (tertiary/aromatic N) is 3. The average Bonchev–Trinajstić information content (AvgIpc) is 2.66. The molecule has 2 rings (SSSR count). The van der Waals surface area contributed by atoms with Crippen LogP contribution in [0.25, 0.3) is 0 Å². The summed E-state index contributed by atoms with van der Waals surface area (Å²) < 4.78 is 0. The molecule has 0 radical (unpaired) electrons. The van der Waals surface area contributed by atoms with E-state index in [-0.39, 0.29) is 17.5 Å². The monoisotopic (exact) mass is 340 g/mol. The number of carbonyl (C=O) groups excluding carboxylic acids is 2. The van der Waals surface area contributed by atoms with Gasteiger partial charge in [0.15, 0.2) is 0 Å². The number of carbonyl (C=O) groups is 2. The van der Waals surface area contributed by atoms with Gasteiger partial charge in [0.25, 0.3) is 11.8 Å². The van der Waals surface area contributed by atoms with E-state index < -0.39 is 0 Å². The molecule has 2 aromatic heterocycles. The van der Waals surface area contributed by atoms with Crippen LogP contribution < -0.4 is 5.32 Å². The van der Waals surface area contributed by atoms with Crippen LogP contribution in [0.3, 0.4) is 0 Å². The average molecular weight is 340 g/mol. The lowest BCUT2D eigenvalue weighted by Crippen LogP contribution is -2.30. The number of aromatic nitrogens is 2. The van der Waals surface area contributed by atoms with Crippen LogP contribution in [0.2, 0.25) is 0 Å². The van der Waals surface area contributed by atoms with Crippen molar-refractivity contribution in [2.75, 3.05) is 20.1 Å². The molecule has 25 heavy (non-hydrogen) atoms. The second kappa shape index (κ2) is 9.52. The van der Waals surface area contributed by atoms with E-state index >= 15 is 0 Å². The maximum absolute atomic E-state index is 12.5. The first-order valence-electron chi connectivity index (χ1n) is 8.50. The number of rotatable bonds is 8. The molecular formula is C19H24N4O2. The summed E-state index contributed by atoms with van der Waals surface area (Å²) in [7, 11) is 1.74. The predicted octanol–water partition coefficient (Wildman–Crippen LogP) is 2.32. The van der Waals surface area contributed by atoms with Crippen molar-refractivity contribution in [3.63, 3.8) is 0 Å². The molecule has 1 N–H and O–H groups in total. The van der Waals surface area contributed by atoms with E-state index in [1.54, 1.807) is 36.5 Å². The van der Waals surface area contributed by atoms with Crippen LogP contribution in [-0.2, 0) is 6.42 Å². The summed E-state index contributed by atoms with van der Waals surface area (Å²) in [4.78, 5) is 34.3. The minimum absolute atomic E-state index is 0.177. The van der Waals surface area contributed by atoms with Gasteiger partial charge < -0.3 is 10.2 Å². The van der Waals surface area contributed by atoms with E-state index in [9.17, 15) is 9.59 Å². The fourth-order valence-electron chi connectivity index (χ4n) is 2.31. The molecule has 0 spiro atoms. The molecule has 0 aliphatic carbocycles.